The standard InChI is InChI=1S/C10H8ClNO2S2/c1-5-8(10(13)14-2)12-9(16-5)7-3-6(11)4-15-7/h3-4H,1-2H3. The number of nitrogens with zero attached hydrogens (tertiary/aromatic N) is 1. The van der Waals surface area contributed by atoms with Crippen LogP contribution in [0.4, 0.5) is 0 Å². The lowest BCUT2D eigenvalue weighted by atomic mass is 10.4. The van der Waals surface area contributed by atoms with Crippen LogP contribution in [-0.2, 0) is 4.74 Å². The lowest BCUT2D eigenvalue weighted by Gasteiger charge is -1.93. The molecule has 0 saturated heterocycles. The Morgan fingerprint density at radius 2 is 2.31 bits per heavy atom. The van der Waals surface area contributed by atoms with E-state index in [1.807, 2.05) is 18.4 Å². The summed E-state index contributed by atoms with van der Waals surface area (Å²) < 4.78 is 4.65. The molecule has 0 fully saturated rings. The van der Waals surface area contributed by atoms with Crippen LogP contribution in [0.5, 0.6) is 0 Å². The molecule has 0 unspecified atom stereocenters. The zero-order chi connectivity index (χ0) is 11.7. The second-order valence-corrected chi connectivity index (χ2v) is 5.60. The molecule has 2 aromatic rings. The number of carbonyl (C=O) groups is 1. The minimum absolute atomic E-state index is 0.382. The third kappa shape index (κ3) is 2.11. The van der Waals surface area contributed by atoms with Crippen molar-refractivity contribution in [2.24, 2.45) is 0 Å². The number of aromatic nitrogens is 1. The smallest absolute Gasteiger partial charge is 0.357 e. The maximum atomic E-state index is 11.4. The van der Waals surface area contributed by atoms with Crippen molar-refractivity contribution in [3.05, 3.63) is 27.0 Å². The van der Waals surface area contributed by atoms with E-state index in [4.69, 9.17) is 11.6 Å². The highest BCUT2D eigenvalue weighted by Crippen LogP contribution is 2.33. The van der Waals surface area contributed by atoms with Gasteiger partial charge in [0.05, 0.1) is 17.0 Å². The summed E-state index contributed by atoms with van der Waals surface area (Å²) in [6.07, 6.45) is 0. The van der Waals surface area contributed by atoms with Gasteiger partial charge in [-0.3, -0.25) is 0 Å². The molecule has 16 heavy (non-hydrogen) atoms. The number of aryl methyl sites for hydroxylation is 1. The van der Waals surface area contributed by atoms with Gasteiger partial charge in [-0.15, -0.1) is 22.7 Å². The summed E-state index contributed by atoms with van der Waals surface area (Å²) in [4.78, 5) is 17.5. The molecule has 0 aliphatic carbocycles. The van der Waals surface area contributed by atoms with Gasteiger partial charge in [-0.2, -0.15) is 0 Å². The molecule has 84 valence electrons. The molecule has 0 aliphatic heterocycles. The fourth-order valence-electron chi connectivity index (χ4n) is 1.21. The van der Waals surface area contributed by atoms with Gasteiger partial charge in [0.2, 0.25) is 0 Å². The Bertz CT molecular complexity index is 533. The van der Waals surface area contributed by atoms with E-state index in [2.05, 4.69) is 9.72 Å². The van der Waals surface area contributed by atoms with Crippen LogP contribution < -0.4 is 0 Å². The van der Waals surface area contributed by atoms with Crippen molar-refractivity contribution < 1.29 is 9.53 Å². The van der Waals surface area contributed by atoms with Crippen molar-refractivity contribution in [3.8, 4) is 9.88 Å². The molecular formula is C10H8ClNO2S2. The van der Waals surface area contributed by atoms with Gasteiger partial charge in [0.25, 0.3) is 0 Å². The number of carbonyl (C=O) groups excluding carboxylic acids is 1. The maximum absolute atomic E-state index is 11.4. The van der Waals surface area contributed by atoms with Gasteiger partial charge in [0.15, 0.2) is 5.69 Å². The second kappa shape index (κ2) is 4.53. The van der Waals surface area contributed by atoms with E-state index in [0.29, 0.717) is 10.7 Å². The van der Waals surface area contributed by atoms with Crippen LogP contribution in [0, 0.1) is 6.92 Å². The van der Waals surface area contributed by atoms with Crippen LogP contribution in [0.25, 0.3) is 9.88 Å². The highest BCUT2D eigenvalue weighted by molar-refractivity contribution is 7.21. The van der Waals surface area contributed by atoms with Gasteiger partial charge in [-0.05, 0) is 13.0 Å². The molecule has 0 aromatic carbocycles. The van der Waals surface area contributed by atoms with Crippen LogP contribution in [0.15, 0.2) is 11.4 Å². The molecule has 0 radical (unpaired) electrons. The van der Waals surface area contributed by atoms with Gasteiger partial charge in [-0.1, -0.05) is 11.6 Å². The zero-order valence-electron chi connectivity index (χ0n) is 8.61. The summed E-state index contributed by atoms with van der Waals surface area (Å²) in [7, 11) is 1.35. The van der Waals surface area contributed by atoms with Crippen molar-refractivity contribution in [2.75, 3.05) is 7.11 Å². The van der Waals surface area contributed by atoms with E-state index in [-0.39, 0.29) is 0 Å². The van der Waals surface area contributed by atoms with E-state index >= 15 is 0 Å². The Kier molecular flexibility index (Phi) is 3.28. The maximum Gasteiger partial charge on any atom is 0.357 e. The summed E-state index contributed by atoms with van der Waals surface area (Å²) in [6.45, 7) is 1.85. The predicted molar refractivity (Wildman–Crippen MR) is 66.5 cm³/mol. The summed E-state index contributed by atoms with van der Waals surface area (Å²) >= 11 is 8.81. The second-order valence-electron chi connectivity index (χ2n) is 3.04. The first-order valence-electron chi connectivity index (χ1n) is 4.42. The van der Waals surface area contributed by atoms with E-state index in [9.17, 15) is 4.79 Å². The highest BCUT2D eigenvalue weighted by atomic mass is 35.5. The molecule has 0 saturated carbocycles. The number of hydrogen-bond acceptors (Lipinski definition) is 5. The molecule has 0 aliphatic rings. The topological polar surface area (TPSA) is 39.2 Å². The van der Waals surface area contributed by atoms with Gasteiger partial charge in [-0.25, -0.2) is 9.78 Å². The van der Waals surface area contributed by atoms with E-state index < -0.39 is 5.97 Å². The molecule has 2 heterocycles. The Hall–Kier alpha value is -0.910. The highest BCUT2D eigenvalue weighted by Gasteiger charge is 2.17. The molecule has 0 atom stereocenters. The quantitative estimate of drug-likeness (QED) is 0.785. The fourth-order valence-corrected chi connectivity index (χ4v) is 3.25. The van der Waals surface area contributed by atoms with Crippen molar-refractivity contribution >= 4 is 40.2 Å². The molecule has 2 rings (SSSR count). The van der Waals surface area contributed by atoms with Crippen molar-refractivity contribution in [3.63, 3.8) is 0 Å². The predicted octanol–water partition coefficient (Wildman–Crippen LogP) is 3.62. The SMILES string of the molecule is COC(=O)c1nc(-c2cc(Cl)cs2)sc1C. The molecular weight excluding hydrogens is 266 g/mol. The van der Waals surface area contributed by atoms with E-state index in [1.54, 1.807) is 0 Å². The molecule has 2 aromatic heterocycles. The number of rotatable bonds is 2. The van der Waals surface area contributed by atoms with Crippen LogP contribution >= 0.6 is 34.3 Å². The van der Waals surface area contributed by atoms with Crippen molar-refractivity contribution in [2.45, 2.75) is 6.92 Å². The average Bonchev–Trinajstić information content (AvgIpc) is 2.83. The fraction of sp³-hybridized carbons (Fsp3) is 0.200. The number of thiazole rings is 1. The summed E-state index contributed by atoms with van der Waals surface area (Å²) in [5.74, 6) is -0.400. The number of ether oxygens (including phenoxy) is 1. The molecule has 6 heteroatoms. The Morgan fingerprint density at radius 1 is 1.56 bits per heavy atom. The number of halogens is 1. The monoisotopic (exact) mass is 273 g/mol. The van der Waals surface area contributed by atoms with Crippen LogP contribution in [-0.4, -0.2) is 18.1 Å². The normalized spacial score (nSPS) is 10.4. The summed E-state index contributed by atoms with van der Waals surface area (Å²) in [5, 5.41) is 3.33. The van der Waals surface area contributed by atoms with Crippen molar-refractivity contribution in [1.29, 1.82) is 0 Å². The lowest BCUT2D eigenvalue weighted by Crippen LogP contribution is -2.02. The largest absolute Gasteiger partial charge is 0.464 e. The van der Waals surface area contributed by atoms with Crippen LogP contribution in [0.2, 0.25) is 5.02 Å². The van der Waals surface area contributed by atoms with Gasteiger partial charge >= 0.3 is 5.97 Å². The zero-order valence-corrected chi connectivity index (χ0v) is 11.0. The molecule has 3 nitrogen and oxygen atoms in total. The number of thiophene rings is 1. The minimum atomic E-state index is -0.400. The Labute approximate surface area is 106 Å². The molecule has 0 spiro atoms. The summed E-state index contributed by atoms with van der Waals surface area (Å²) in [5.41, 5.74) is 0.382. The Balaban J connectivity index is 2.41. The van der Waals surface area contributed by atoms with E-state index in [1.165, 1.54) is 29.8 Å². The third-order valence-electron chi connectivity index (χ3n) is 1.95. The molecule has 0 amide bonds. The van der Waals surface area contributed by atoms with Gasteiger partial charge in [0, 0.05) is 10.3 Å². The van der Waals surface area contributed by atoms with Crippen molar-refractivity contribution in [1.82, 2.24) is 4.98 Å². The first kappa shape index (κ1) is 11.6. The van der Waals surface area contributed by atoms with Crippen LogP contribution in [0.1, 0.15) is 15.4 Å². The first-order valence-corrected chi connectivity index (χ1v) is 6.49. The van der Waals surface area contributed by atoms with E-state index in [0.717, 1.165) is 14.8 Å². The number of hydrogen-bond donors (Lipinski definition) is 0. The average molecular weight is 274 g/mol. The molecule has 0 bridgehead atoms. The lowest BCUT2D eigenvalue weighted by molar-refractivity contribution is 0.0594. The van der Waals surface area contributed by atoms with Crippen LogP contribution in [0.3, 0.4) is 0 Å². The Morgan fingerprint density at radius 3 is 2.88 bits per heavy atom. The first-order chi connectivity index (χ1) is 7.61. The van der Waals surface area contributed by atoms with Gasteiger partial charge in [0.1, 0.15) is 5.01 Å². The number of methoxy groups -OCH3 is 1. The van der Waals surface area contributed by atoms with Gasteiger partial charge < -0.3 is 4.74 Å². The number of esters is 1. The molecule has 0 N–H and O–H groups in total. The summed E-state index contributed by atoms with van der Waals surface area (Å²) in [6, 6.07) is 1.84. The third-order valence-corrected chi connectivity index (χ3v) is 4.37. The minimum Gasteiger partial charge on any atom is -0.464 e.